The molecule has 162 valence electrons. The van der Waals surface area contributed by atoms with Crippen molar-refractivity contribution >= 4 is 24.3 Å². The number of halogens is 2. The van der Waals surface area contributed by atoms with Crippen LogP contribution in [0.1, 0.15) is 40.7 Å². The van der Waals surface area contributed by atoms with Gasteiger partial charge in [0.05, 0.1) is 0 Å². The summed E-state index contributed by atoms with van der Waals surface area (Å²) in [7, 11) is 16.7. The maximum atomic E-state index is 6.32. The van der Waals surface area contributed by atoms with E-state index in [4.69, 9.17) is 22.8 Å². The van der Waals surface area contributed by atoms with Gasteiger partial charge in [-0.05, 0) is 0 Å². The van der Waals surface area contributed by atoms with Gasteiger partial charge in [0.2, 0.25) is 0 Å². The van der Waals surface area contributed by atoms with Gasteiger partial charge in [-0.15, -0.1) is 0 Å². The second-order valence-electron chi connectivity index (χ2n) is 8.77. The summed E-state index contributed by atoms with van der Waals surface area (Å²) in [5, 5.41) is 0. The number of rotatable bonds is 8. The molecule has 1 aliphatic rings. The number of fused-ring (bicyclic) bond motifs is 3. The van der Waals surface area contributed by atoms with E-state index in [1.54, 1.807) is 0 Å². The van der Waals surface area contributed by atoms with E-state index < -0.39 is 14.7 Å². The van der Waals surface area contributed by atoms with Crippen molar-refractivity contribution in [2.45, 2.75) is 36.8 Å². The van der Waals surface area contributed by atoms with Crippen LogP contribution in [-0.4, -0.2) is 14.1 Å². The molecular formula is C26H30Cl2N2Ti. The van der Waals surface area contributed by atoms with Crippen LogP contribution >= 0.6 is 18.6 Å². The fourth-order valence-electron chi connectivity index (χ4n) is 4.64. The van der Waals surface area contributed by atoms with Crippen LogP contribution in [0.4, 0.5) is 5.69 Å². The molecule has 0 aromatic heterocycles. The molecule has 0 amide bonds. The summed E-state index contributed by atoms with van der Waals surface area (Å²) in [6.45, 7) is 0. The van der Waals surface area contributed by atoms with Crippen LogP contribution in [0.2, 0.25) is 0 Å². The molecule has 0 aliphatic heterocycles. The van der Waals surface area contributed by atoms with Gasteiger partial charge < -0.3 is 0 Å². The maximum absolute atomic E-state index is 6.32. The molecular weight excluding hydrogens is 459 g/mol. The Kier molecular flexibility index (Phi) is 7.15. The summed E-state index contributed by atoms with van der Waals surface area (Å²) in [5.41, 5.74) is 11.0. The zero-order valence-corrected chi connectivity index (χ0v) is 21.4. The summed E-state index contributed by atoms with van der Waals surface area (Å²) in [6, 6.07) is 22.2. The van der Waals surface area contributed by atoms with Crippen LogP contribution in [0.15, 0.2) is 60.7 Å². The van der Waals surface area contributed by atoms with Gasteiger partial charge in [0, 0.05) is 0 Å². The molecule has 0 spiro atoms. The van der Waals surface area contributed by atoms with Crippen LogP contribution in [0.3, 0.4) is 0 Å². The molecule has 3 aromatic rings. The average Bonchev–Trinajstić information content (AvgIpc) is 3.10. The summed E-state index contributed by atoms with van der Waals surface area (Å²) in [5.74, 6) is 0. The minimum absolute atomic E-state index is 0.630. The molecule has 5 heteroatoms. The van der Waals surface area contributed by atoms with Gasteiger partial charge in [-0.25, -0.2) is 0 Å². The summed E-state index contributed by atoms with van der Waals surface area (Å²) in [4.78, 5) is 2.11. The van der Waals surface area contributed by atoms with Gasteiger partial charge in [-0.2, -0.15) is 0 Å². The first-order valence-electron chi connectivity index (χ1n) is 11.0. The first kappa shape index (κ1) is 22.9. The Labute approximate surface area is 197 Å². The van der Waals surface area contributed by atoms with E-state index in [-0.39, 0.29) is 0 Å². The molecule has 0 saturated heterocycles. The van der Waals surface area contributed by atoms with Crippen LogP contribution < -0.4 is 9.12 Å². The minimum atomic E-state index is -3.21. The molecule has 1 aliphatic carbocycles. The van der Waals surface area contributed by atoms with Crippen molar-refractivity contribution in [2.24, 2.45) is 4.22 Å². The van der Waals surface area contributed by atoms with Crippen molar-refractivity contribution < 1.29 is 14.7 Å². The number of nitrogens with two attached hydrogens (primary N) is 1. The van der Waals surface area contributed by atoms with Crippen molar-refractivity contribution in [3.05, 3.63) is 88.5 Å². The molecule has 2 nitrogen and oxygen atoms in total. The van der Waals surface area contributed by atoms with Gasteiger partial charge in [0.1, 0.15) is 0 Å². The number of benzene rings is 3. The van der Waals surface area contributed by atoms with Crippen LogP contribution in [0.25, 0.3) is 11.1 Å². The van der Waals surface area contributed by atoms with Gasteiger partial charge in [-0.1, -0.05) is 12.1 Å². The molecule has 0 radical (unpaired) electrons. The summed E-state index contributed by atoms with van der Waals surface area (Å²) < 4.78 is 6.72. The molecule has 0 bridgehead atoms. The van der Waals surface area contributed by atoms with E-state index in [9.17, 15) is 0 Å². The van der Waals surface area contributed by atoms with Crippen molar-refractivity contribution in [3.8, 4) is 11.1 Å². The molecule has 0 atom stereocenters. The second-order valence-corrected chi connectivity index (χ2v) is 18.1. The molecule has 3 aromatic carbocycles. The van der Waals surface area contributed by atoms with E-state index in [0.29, 0.717) is 4.73 Å². The van der Waals surface area contributed by atoms with Crippen molar-refractivity contribution in [2.75, 3.05) is 19.0 Å². The van der Waals surface area contributed by atoms with E-state index in [2.05, 4.69) is 65.6 Å². The summed E-state index contributed by atoms with van der Waals surface area (Å²) >= 11 is -3.21. The van der Waals surface area contributed by atoms with E-state index >= 15 is 0 Å². The number of hydrogen-bond acceptors (Lipinski definition) is 2. The number of aryl methyl sites for hydroxylation is 2. The number of anilines is 1. The molecule has 0 saturated carbocycles. The summed E-state index contributed by atoms with van der Waals surface area (Å²) in [6.07, 6.45) is 5.52. The Bertz CT molecular complexity index is 1070. The monoisotopic (exact) mass is 488 g/mol. The fraction of sp³-hybridized carbons (Fsp3) is 0.308. The zero-order valence-electron chi connectivity index (χ0n) is 18.3. The number of hydrogen-bond donors (Lipinski definition) is 1. The quantitative estimate of drug-likeness (QED) is 0.220. The first-order valence-corrected chi connectivity index (χ1v) is 17.3. The SMILES string of the molecule is CN(C)c1ccc(CCCCc2cccc3c2Cc2ccccc2-3)c([CH2][Ti]([NH2])([Cl])[Cl])c1. The Hall–Kier alpha value is -1.29. The van der Waals surface area contributed by atoms with Crippen molar-refractivity contribution in [1.82, 2.24) is 0 Å². The predicted molar refractivity (Wildman–Crippen MR) is 132 cm³/mol. The normalized spacial score (nSPS) is 12.5. The van der Waals surface area contributed by atoms with Crippen LogP contribution in [-0.2, 0) is 38.7 Å². The van der Waals surface area contributed by atoms with E-state index in [0.717, 1.165) is 31.4 Å². The van der Waals surface area contributed by atoms with Crippen LogP contribution in [0.5, 0.6) is 0 Å². The topological polar surface area (TPSA) is 29.3 Å². The molecule has 0 heterocycles. The van der Waals surface area contributed by atoms with Crippen molar-refractivity contribution in [1.29, 1.82) is 0 Å². The molecule has 2 N–H and O–H groups in total. The Morgan fingerprint density at radius 1 is 0.839 bits per heavy atom. The number of nitrogens with zero attached hydrogens (tertiary/aromatic N) is 1. The Morgan fingerprint density at radius 3 is 2.29 bits per heavy atom. The Morgan fingerprint density at radius 2 is 1.55 bits per heavy atom. The van der Waals surface area contributed by atoms with Gasteiger partial charge in [-0.3, -0.25) is 0 Å². The van der Waals surface area contributed by atoms with E-state index in [1.807, 2.05) is 14.1 Å². The predicted octanol–water partition coefficient (Wildman–Crippen LogP) is 6.72. The average molecular weight is 489 g/mol. The Balaban J connectivity index is 1.42. The first-order chi connectivity index (χ1) is 14.8. The van der Waals surface area contributed by atoms with Gasteiger partial charge in [0.25, 0.3) is 0 Å². The van der Waals surface area contributed by atoms with Gasteiger partial charge >= 0.3 is 187 Å². The molecule has 0 fully saturated rings. The van der Waals surface area contributed by atoms with Crippen LogP contribution in [0, 0.1) is 0 Å². The van der Waals surface area contributed by atoms with Gasteiger partial charge in [0.15, 0.2) is 0 Å². The third-order valence-corrected chi connectivity index (χ3v) is 8.66. The molecule has 0 unspecified atom stereocenters. The molecule has 4 rings (SSSR count). The van der Waals surface area contributed by atoms with Crippen molar-refractivity contribution in [3.63, 3.8) is 0 Å². The third-order valence-electron chi connectivity index (χ3n) is 6.22. The fourth-order valence-corrected chi connectivity index (χ4v) is 7.14. The number of unbranched alkanes of at least 4 members (excludes halogenated alkanes) is 1. The van der Waals surface area contributed by atoms with E-state index in [1.165, 1.54) is 45.4 Å². The zero-order chi connectivity index (χ0) is 22.0. The standard InChI is InChI=1S/C26H28N.2ClH.H2N.Ti/c1-19-17-23(27(2)3)16-15-20(19)9-4-5-10-21-12-8-14-25-24-13-7-6-11-22(24)18-26(21)25;;;;/h6-8,11-17H,1,4-5,9-10,18H2,2-3H3;2*1H;1H2;/q;;;-1;+3/p-2. The molecule has 31 heavy (non-hydrogen) atoms. The third kappa shape index (κ3) is 5.56. The second kappa shape index (κ2) is 9.69.